The van der Waals surface area contributed by atoms with Crippen molar-refractivity contribution in [1.29, 1.82) is 0 Å². The van der Waals surface area contributed by atoms with Crippen LogP contribution in [-0.4, -0.2) is 31.6 Å². The van der Waals surface area contributed by atoms with Gasteiger partial charge in [-0.1, -0.05) is 0 Å². The van der Waals surface area contributed by atoms with Crippen molar-refractivity contribution in [1.82, 2.24) is 10.9 Å². The highest BCUT2D eigenvalue weighted by atomic mass is 19.1. The molecular formula is C8H16FN3O. The predicted molar refractivity (Wildman–Crippen MR) is 46.5 cm³/mol. The van der Waals surface area contributed by atoms with E-state index in [-0.39, 0.29) is 24.2 Å². The number of nitrogens with one attached hydrogen (secondary N) is 2. The second kappa shape index (κ2) is 3.49. The first-order chi connectivity index (χ1) is 6.22. The molecule has 4 N–H and O–H groups in total. The lowest BCUT2D eigenvalue weighted by atomic mass is 9.81. The van der Waals surface area contributed by atoms with Gasteiger partial charge in [0.25, 0.3) is 0 Å². The van der Waals surface area contributed by atoms with E-state index in [1.54, 1.807) is 7.11 Å². The Bertz CT molecular complexity index is 192. The van der Waals surface area contributed by atoms with E-state index < -0.39 is 6.17 Å². The zero-order valence-corrected chi connectivity index (χ0v) is 7.66. The Hall–Kier alpha value is -0.230. The quantitative estimate of drug-likeness (QED) is 0.521. The number of ether oxygens (including phenoxy) is 1. The van der Waals surface area contributed by atoms with Gasteiger partial charge < -0.3 is 10.5 Å². The molecule has 13 heavy (non-hydrogen) atoms. The van der Waals surface area contributed by atoms with Crippen LogP contribution in [0, 0.1) is 5.92 Å². The van der Waals surface area contributed by atoms with E-state index in [0.29, 0.717) is 6.42 Å². The molecule has 1 saturated carbocycles. The van der Waals surface area contributed by atoms with Crippen LogP contribution in [0.5, 0.6) is 0 Å². The Morgan fingerprint density at radius 3 is 2.85 bits per heavy atom. The second-order valence-electron chi connectivity index (χ2n) is 3.84. The molecule has 0 amide bonds. The summed E-state index contributed by atoms with van der Waals surface area (Å²) in [5.74, 6) is -0.105. The van der Waals surface area contributed by atoms with Crippen LogP contribution < -0.4 is 16.6 Å². The van der Waals surface area contributed by atoms with E-state index in [9.17, 15) is 4.39 Å². The van der Waals surface area contributed by atoms with Gasteiger partial charge in [-0.3, -0.25) is 5.43 Å². The first-order valence-corrected chi connectivity index (χ1v) is 4.66. The summed E-state index contributed by atoms with van der Waals surface area (Å²) in [6.07, 6.45) is 0.201. The summed E-state index contributed by atoms with van der Waals surface area (Å²) < 4.78 is 18.7. The second-order valence-corrected chi connectivity index (χ2v) is 3.84. The molecule has 5 unspecified atom stereocenters. The van der Waals surface area contributed by atoms with Crippen LogP contribution in [-0.2, 0) is 4.74 Å². The Labute approximate surface area is 77.0 Å². The monoisotopic (exact) mass is 189 g/mol. The summed E-state index contributed by atoms with van der Waals surface area (Å²) in [5, 5.41) is 0. The molecule has 1 aliphatic heterocycles. The van der Waals surface area contributed by atoms with Gasteiger partial charge in [0, 0.05) is 25.5 Å². The predicted octanol–water partition coefficient (Wildman–Crippen LogP) is -0.489. The van der Waals surface area contributed by atoms with Crippen molar-refractivity contribution in [3.05, 3.63) is 0 Å². The van der Waals surface area contributed by atoms with Crippen molar-refractivity contribution in [3.63, 3.8) is 0 Å². The van der Waals surface area contributed by atoms with Crippen molar-refractivity contribution in [2.75, 3.05) is 7.11 Å². The third-order valence-electron chi connectivity index (χ3n) is 3.07. The van der Waals surface area contributed by atoms with Crippen LogP contribution in [0.2, 0.25) is 0 Å². The van der Waals surface area contributed by atoms with Gasteiger partial charge in [-0.25, -0.2) is 9.82 Å². The number of halogens is 1. The highest BCUT2D eigenvalue weighted by Gasteiger charge is 2.45. The van der Waals surface area contributed by atoms with Gasteiger partial charge in [0.05, 0.1) is 12.3 Å². The maximum Gasteiger partial charge on any atom is 0.110 e. The minimum Gasteiger partial charge on any atom is -0.381 e. The standard InChI is InChI=1S/C8H16FN3O/c1-13-4-2-5(9)7-6(3-4)11-12-8(7)10/h4-8,11-12H,2-3,10H2,1H3. The molecule has 0 aromatic carbocycles. The molecule has 0 spiro atoms. The lowest BCUT2D eigenvalue weighted by molar-refractivity contribution is 0.00627. The number of hydrogen-bond donors (Lipinski definition) is 3. The van der Waals surface area contributed by atoms with E-state index in [1.165, 1.54) is 0 Å². The van der Waals surface area contributed by atoms with E-state index >= 15 is 0 Å². The van der Waals surface area contributed by atoms with Crippen molar-refractivity contribution in [2.45, 2.75) is 37.3 Å². The third kappa shape index (κ3) is 1.57. The van der Waals surface area contributed by atoms with E-state index in [0.717, 1.165) is 6.42 Å². The Morgan fingerprint density at radius 1 is 1.38 bits per heavy atom. The molecule has 76 valence electrons. The smallest absolute Gasteiger partial charge is 0.110 e. The summed E-state index contributed by atoms with van der Waals surface area (Å²) >= 11 is 0. The molecule has 5 atom stereocenters. The van der Waals surface area contributed by atoms with Gasteiger partial charge in [-0.15, -0.1) is 0 Å². The van der Waals surface area contributed by atoms with Gasteiger partial charge in [0.1, 0.15) is 6.17 Å². The number of hydrazine groups is 1. The largest absolute Gasteiger partial charge is 0.381 e. The highest BCUT2D eigenvalue weighted by Crippen LogP contribution is 2.32. The molecule has 1 aliphatic carbocycles. The van der Waals surface area contributed by atoms with Crippen LogP contribution in [0.4, 0.5) is 4.39 Å². The summed E-state index contributed by atoms with van der Waals surface area (Å²) in [4.78, 5) is 0. The van der Waals surface area contributed by atoms with Gasteiger partial charge in [-0.05, 0) is 6.42 Å². The van der Waals surface area contributed by atoms with Gasteiger partial charge in [0.2, 0.25) is 0 Å². The SMILES string of the molecule is COC1CC(F)C2C(N)NNC2C1. The number of hydrogen-bond acceptors (Lipinski definition) is 4. The Balaban J connectivity index is 2.04. The van der Waals surface area contributed by atoms with Crippen LogP contribution in [0.25, 0.3) is 0 Å². The molecule has 1 heterocycles. The first-order valence-electron chi connectivity index (χ1n) is 4.66. The summed E-state index contributed by atoms with van der Waals surface area (Å²) in [7, 11) is 1.63. The average Bonchev–Trinajstić information content (AvgIpc) is 2.48. The molecule has 0 radical (unpaired) electrons. The Morgan fingerprint density at radius 2 is 2.15 bits per heavy atom. The fourth-order valence-electron chi connectivity index (χ4n) is 2.32. The number of alkyl halides is 1. The number of rotatable bonds is 1. The molecule has 0 bridgehead atoms. The van der Waals surface area contributed by atoms with Crippen molar-refractivity contribution < 1.29 is 9.13 Å². The summed E-state index contributed by atoms with van der Waals surface area (Å²) in [6, 6.07) is 0.115. The molecule has 0 aromatic rings. The number of nitrogens with two attached hydrogens (primary N) is 1. The minimum atomic E-state index is -0.860. The zero-order valence-electron chi connectivity index (χ0n) is 7.66. The highest BCUT2D eigenvalue weighted by molar-refractivity contribution is 4.98. The first kappa shape index (κ1) is 9.33. The lowest BCUT2D eigenvalue weighted by Gasteiger charge is -2.33. The number of methoxy groups -OCH3 is 1. The molecule has 2 fully saturated rings. The summed E-state index contributed by atoms with van der Waals surface area (Å²) in [5.41, 5.74) is 11.6. The van der Waals surface area contributed by atoms with E-state index in [2.05, 4.69) is 10.9 Å². The van der Waals surface area contributed by atoms with Crippen LogP contribution >= 0.6 is 0 Å². The van der Waals surface area contributed by atoms with Crippen molar-refractivity contribution >= 4 is 0 Å². The molecular weight excluding hydrogens is 173 g/mol. The van der Waals surface area contributed by atoms with E-state index in [1.807, 2.05) is 0 Å². The molecule has 1 saturated heterocycles. The number of fused-ring (bicyclic) bond motifs is 1. The molecule has 2 aliphatic rings. The molecule has 5 heteroatoms. The average molecular weight is 189 g/mol. The topological polar surface area (TPSA) is 59.3 Å². The maximum atomic E-state index is 13.6. The van der Waals surface area contributed by atoms with Crippen LogP contribution in [0.3, 0.4) is 0 Å². The minimum absolute atomic E-state index is 0.0239. The lowest BCUT2D eigenvalue weighted by Crippen LogP contribution is -2.46. The van der Waals surface area contributed by atoms with Gasteiger partial charge >= 0.3 is 0 Å². The molecule has 0 aromatic heterocycles. The van der Waals surface area contributed by atoms with Gasteiger partial charge in [-0.2, -0.15) is 0 Å². The van der Waals surface area contributed by atoms with Crippen molar-refractivity contribution in [2.24, 2.45) is 11.7 Å². The summed E-state index contributed by atoms with van der Waals surface area (Å²) in [6.45, 7) is 0. The normalized spacial score (nSPS) is 50.5. The maximum absolute atomic E-state index is 13.6. The zero-order chi connectivity index (χ0) is 9.42. The fraction of sp³-hybridized carbons (Fsp3) is 1.00. The van der Waals surface area contributed by atoms with Crippen LogP contribution in [0.15, 0.2) is 0 Å². The fourth-order valence-corrected chi connectivity index (χ4v) is 2.32. The van der Waals surface area contributed by atoms with Crippen molar-refractivity contribution in [3.8, 4) is 0 Å². The van der Waals surface area contributed by atoms with E-state index in [4.69, 9.17) is 10.5 Å². The third-order valence-corrected chi connectivity index (χ3v) is 3.07. The Kier molecular flexibility index (Phi) is 2.51. The van der Waals surface area contributed by atoms with Crippen LogP contribution in [0.1, 0.15) is 12.8 Å². The van der Waals surface area contributed by atoms with Gasteiger partial charge in [0.15, 0.2) is 0 Å². The molecule has 2 rings (SSSR count). The molecule has 4 nitrogen and oxygen atoms in total.